The molecule has 0 saturated carbocycles. The van der Waals surface area contributed by atoms with Gasteiger partial charge in [0.1, 0.15) is 0 Å². The van der Waals surface area contributed by atoms with Gasteiger partial charge >= 0.3 is 0 Å². The van der Waals surface area contributed by atoms with E-state index in [0.717, 1.165) is 4.31 Å². The van der Waals surface area contributed by atoms with E-state index in [2.05, 4.69) is 0 Å². The van der Waals surface area contributed by atoms with Crippen molar-refractivity contribution in [1.82, 2.24) is 0 Å². The molecule has 6 nitrogen and oxygen atoms in total. The Bertz CT molecular complexity index is 857. The Hall–Kier alpha value is -2.72. The lowest BCUT2D eigenvalue weighted by atomic mass is 10.2. The number of hydrogen-bond acceptors (Lipinski definition) is 5. The highest BCUT2D eigenvalue weighted by Gasteiger charge is 2.22. The predicted molar refractivity (Wildman–Crippen MR) is 86.3 cm³/mol. The molecular weight excluding hydrogens is 316 g/mol. The van der Waals surface area contributed by atoms with Crippen LogP contribution in [0.25, 0.3) is 0 Å². The fourth-order valence-electron chi connectivity index (χ4n) is 2.04. The van der Waals surface area contributed by atoms with E-state index >= 15 is 0 Å². The molecule has 7 heteroatoms. The van der Waals surface area contributed by atoms with Crippen molar-refractivity contribution in [2.75, 3.05) is 25.6 Å². The first-order valence-electron chi connectivity index (χ1n) is 6.65. The number of methoxy groups -OCH3 is 2. The Morgan fingerprint density at radius 1 is 1.04 bits per heavy atom. The van der Waals surface area contributed by atoms with Crippen LogP contribution in [0.1, 0.15) is 5.56 Å². The average Bonchev–Trinajstić information content (AvgIpc) is 2.60. The third-order valence-electron chi connectivity index (χ3n) is 3.35. The minimum absolute atomic E-state index is 0.0498. The molecule has 0 radical (unpaired) electrons. The first kappa shape index (κ1) is 16.6. The molecule has 0 saturated heterocycles. The topological polar surface area (TPSA) is 79.6 Å². The van der Waals surface area contributed by atoms with Gasteiger partial charge in [-0.15, -0.1) is 0 Å². The fraction of sp³-hybridized carbons (Fsp3) is 0.188. The van der Waals surface area contributed by atoms with Crippen LogP contribution in [0.15, 0.2) is 47.4 Å². The van der Waals surface area contributed by atoms with Crippen LogP contribution < -0.4 is 13.8 Å². The lowest BCUT2D eigenvalue weighted by Crippen LogP contribution is -2.26. The summed E-state index contributed by atoms with van der Waals surface area (Å²) >= 11 is 0. The predicted octanol–water partition coefficient (Wildman–Crippen LogP) is 2.40. The van der Waals surface area contributed by atoms with E-state index in [1.165, 1.54) is 39.5 Å². The summed E-state index contributed by atoms with van der Waals surface area (Å²) in [6.45, 7) is 0. The summed E-state index contributed by atoms with van der Waals surface area (Å²) in [6, 6.07) is 12.6. The van der Waals surface area contributed by atoms with Crippen molar-refractivity contribution in [3.05, 3.63) is 48.0 Å². The Kier molecular flexibility index (Phi) is 4.77. The Morgan fingerprint density at radius 3 is 2.35 bits per heavy atom. The maximum absolute atomic E-state index is 12.7. The molecule has 0 aliphatic rings. The summed E-state index contributed by atoms with van der Waals surface area (Å²) in [5, 5.41) is 8.92. The maximum Gasteiger partial charge on any atom is 0.264 e. The zero-order valence-electron chi connectivity index (χ0n) is 13.0. The van der Waals surface area contributed by atoms with Gasteiger partial charge in [0.25, 0.3) is 10.0 Å². The quantitative estimate of drug-likeness (QED) is 0.840. The van der Waals surface area contributed by atoms with Gasteiger partial charge < -0.3 is 9.47 Å². The molecule has 0 atom stereocenters. The molecule has 0 aliphatic heterocycles. The number of nitrogens with zero attached hydrogens (tertiary/aromatic N) is 2. The van der Waals surface area contributed by atoms with E-state index in [4.69, 9.17) is 14.7 Å². The number of benzene rings is 2. The van der Waals surface area contributed by atoms with E-state index in [9.17, 15) is 8.42 Å². The number of anilines is 1. The van der Waals surface area contributed by atoms with Gasteiger partial charge in [0.2, 0.25) is 0 Å². The summed E-state index contributed by atoms with van der Waals surface area (Å²) in [5.41, 5.74) is 0.705. The number of hydrogen-bond donors (Lipinski definition) is 0. The Balaban J connectivity index is 2.46. The molecule has 0 amide bonds. The summed E-state index contributed by atoms with van der Waals surface area (Å²) in [7, 11) is 0.641. The minimum atomic E-state index is -3.78. The lowest BCUT2D eigenvalue weighted by molar-refractivity contribution is 0.355. The van der Waals surface area contributed by atoms with Crippen molar-refractivity contribution in [3.63, 3.8) is 0 Å². The van der Waals surface area contributed by atoms with Crippen LogP contribution in [0.4, 0.5) is 5.69 Å². The first-order valence-corrected chi connectivity index (χ1v) is 8.09. The van der Waals surface area contributed by atoms with E-state index in [0.29, 0.717) is 17.2 Å². The Labute approximate surface area is 135 Å². The molecule has 0 spiro atoms. The van der Waals surface area contributed by atoms with Crippen LogP contribution >= 0.6 is 0 Å². The third kappa shape index (κ3) is 3.22. The molecule has 0 bridgehead atoms. The molecule has 23 heavy (non-hydrogen) atoms. The van der Waals surface area contributed by atoms with Gasteiger partial charge in [0, 0.05) is 13.1 Å². The second-order valence-electron chi connectivity index (χ2n) is 4.65. The molecule has 120 valence electrons. The molecule has 0 unspecified atom stereocenters. The van der Waals surface area contributed by atoms with Gasteiger partial charge in [-0.05, 0) is 30.3 Å². The fourth-order valence-corrected chi connectivity index (χ4v) is 3.28. The first-order chi connectivity index (χ1) is 10.9. The number of sulfonamides is 1. The molecule has 2 rings (SSSR count). The van der Waals surface area contributed by atoms with E-state index < -0.39 is 10.0 Å². The highest BCUT2D eigenvalue weighted by atomic mass is 32.2. The van der Waals surface area contributed by atoms with E-state index in [1.54, 1.807) is 24.3 Å². The molecule has 0 heterocycles. The SMILES string of the molecule is COc1ccc(N(C)S(=O)(=O)c2cccc(C#N)c2)cc1OC. The molecule has 0 aromatic heterocycles. The van der Waals surface area contributed by atoms with Gasteiger partial charge in [-0.25, -0.2) is 8.42 Å². The molecule has 2 aromatic carbocycles. The van der Waals surface area contributed by atoms with Crippen LogP contribution in [0.2, 0.25) is 0 Å². The molecular formula is C16H16N2O4S. The second-order valence-corrected chi connectivity index (χ2v) is 6.62. The number of ether oxygens (including phenoxy) is 2. The highest BCUT2D eigenvalue weighted by molar-refractivity contribution is 7.92. The highest BCUT2D eigenvalue weighted by Crippen LogP contribution is 2.33. The van der Waals surface area contributed by atoms with Crippen LogP contribution in [0.5, 0.6) is 11.5 Å². The van der Waals surface area contributed by atoms with Crippen LogP contribution in [-0.4, -0.2) is 29.7 Å². The van der Waals surface area contributed by atoms with Crippen molar-refractivity contribution >= 4 is 15.7 Å². The second kappa shape index (κ2) is 6.58. The minimum Gasteiger partial charge on any atom is -0.493 e. The molecule has 2 aromatic rings. The molecule has 0 aliphatic carbocycles. The summed E-state index contributed by atoms with van der Waals surface area (Å²) in [5.74, 6) is 0.936. The van der Waals surface area contributed by atoms with Gasteiger partial charge in [0.05, 0.1) is 36.4 Å². The zero-order valence-corrected chi connectivity index (χ0v) is 13.8. The van der Waals surface area contributed by atoms with Gasteiger partial charge in [-0.3, -0.25) is 4.31 Å². The van der Waals surface area contributed by atoms with Gasteiger partial charge in [-0.1, -0.05) is 6.07 Å². The van der Waals surface area contributed by atoms with E-state index in [-0.39, 0.29) is 10.5 Å². The summed E-state index contributed by atoms with van der Waals surface area (Å²) in [6.07, 6.45) is 0. The smallest absolute Gasteiger partial charge is 0.264 e. The van der Waals surface area contributed by atoms with Crippen molar-refractivity contribution in [1.29, 1.82) is 5.26 Å². The van der Waals surface area contributed by atoms with Gasteiger partial charge in [-0.2, -0.15) is 5.26 Å². The van der Waals surface area contributed by atoms with Crippen molar-refractivity contribution in [2.24, 2.45) is 0 Å². The lowest BCUT2D eigenvalue weighted by Gasteiger charge is -2.21. The largest absolute Gasteiger partial charge is 0.493 e. The van der Waals surface area contributed by atoms with Crippen molar-refractivity contribution < 1.29 is 17.9 Å². The maximum atomic E-state index is 12.7. The summed E-state index contributed by atoms with van der Waals surface area (Å²) < 4.78 is 36.9. The van der Waals surface area contributed by atoms with Crippen LogP contribution in [0.3, 0.4) is 0 Å². The van der Waals surface area contributed by atoms with Crippen LogP contribution in [-0.2, 0) is 10.0 Å². The third-order valence-corrected chi connectivity index (χ3v) is 5.13. The summed E-state index contributed by atoms with van der Waals surface area (Å²) in [4.78, 5) is 0.0498. The zero-order chi connectivity index (χ0) is 17.0. The molecule has 0 fully saturated rings. The Morgan fingerprint density at radius 2 is 1.74 bits per heavy atom. The molecule has 0 N–H and O–H groups in total. The van der Waals surface area contributed by atoms with Crippen molar-refractivity contribution in [3.8, 4) is 17.6 Å². The number of rotatable bonds is 5. The monoisotopic (exact) mass is 332 g/mol. The van der Waals surface area contributed by atoms with Crippen molar-refractivity contribution in [2.45, 2.75) is 4.90 Å². The normalized spacial score (nSPS) is 10.7. The standard InChI is InChI=1S/C16H16N2O4S/c1-18(13-7-8-15(21-2)16(10-13)22-3)23(19,20)14-6-4-5-12(9-14)11-17/h4-10H,1-3H3. The number of nitriles is 1. The van der Waals surface area contributed by atoms with Gasteiger partial charge in [0.15, 0.2) is 11.5 Å². The van der Waals surface area contributed by atoms with E-state index in [1.807, 2.05) is 6.07 Å². The average molecular weight is 332 g/mol. The van der Waals surface area contributed by atoms with Crippen LogP contribution in [0, 0.1) is 11.3 Å².